The van der Waals surface area contributed by atoms with E-state index in [4.69, 9.17) is 0 Å². The summed E-state index contributed by atoms with van der Waals surface area (Å²) < 4.78 is 0. The summed E-state index contributed by atoms with van der Waals surface area (Å²) in [7, 11) is 0. The Kier molecular flexibility index (Phi) is 5.46. The first-order valence-corrected chi connectivity index (χ1v) is 7.40. The quantitative estimate of drug-likeness (QED) is 0.616. The van der Waals surface area contributed by atoms with Crippen LogP contribution in [-0.2, 0) is 0 Å². The van der Waals surface area contributed by atoms with Gasteiger partial charge >= 0.3 is 0 Å². The summed E-state index contributed by atoms with van der Waals surface area (Å²) in [4.78, 5) is 20.2. The van der Waals surface area contributed by atoms with Crippen LogP contribution in [0.25, 0.3) is 0 Å². The lowest BCUT2D eigenvalue weighted by Gasteiger charge is -2.26. The third-order valence-corrected chi connectivity index (χ3v) is 3.59. The second-order valence-corrected chi connectivity index (χ2v) is 5.34. The van der Waals surface area contributed by atoms with E-state index in [9.17, 15) is 9.90 Å². The van der Waals surface area contributed by atoms with Crippen molar-refractivity contribution in [1.29, 1.82) is 0 Å². The largest absolute Gasteiger partial charge is 0.388 e. The average molecular weight is 293 g/mol. The van der Waals surface area contributed by atoms with Gasteiger partial charge in [-0.3, -0.25) is 4.79 Å². The van der Waals surface area contributed by atoms with Gasteiger partial charge in [-0.05, 0) is 39.3 Å². The lowest BCUT2D eigenvalue weighted by atomic mass is 9.95. The van der Waals surface area contributed by atoms with Gasteiger partial charge in [-0.15, -0.1) is 0 Å². The van der Waals surface area contributed by atoms with E-state index in [1.165, 1.54) is 12.4 Å². The Morgan fingerprint density at radius 1 is 1.38 bits per heavy atom. The number of hydrogen-bond donors (Lipinski definition) is 4. The van der Waals surface area contributed by atoms with Crippen LogP contribution < -0.4 is 16.0 Å². The minimum Gasteiger partial charge on any atom is -0.388 e. The predicted molar refractivity (Wildman–Crippen MR) is 80.2 cm³/mol. The molecule has 0 bridgehead atoms. The van der Waals surface area contributed by atoms with Crippen LogP contribution >= 0.6 is 0 Å². The molecule has 7 nitrogen and oxygen atoms in total. The summed E-state index contributed by atoms with van der Waals surface area (Å²) in [5, 5.41) is 19.4. The monoisotopic (exact) mass is 293 g/mol. The highest BCUT2D eigenvalue weighted by molar-refractivity contribution is 5.93. The number of nitrogens with zero attached hydrogens (tertiary/aromatic N) is 2. The molecule has 0 aliphatic carbocycles. The van der Waals surface area contributed by atoms with Gasteiger partial charge in [0, 0.05) is 25.5 Å². The van der Waals surface area contributed by atoms with Crippen molar-refractivity contribution in [3.05, 3.63) is 18.0 Å². The van der Waals surface area contributed by atoms with Crippen molar-refractivity contribution in [2.45, 2.75) is 31.8 Å². The lowest BCUT2D eigenvalue weighted by molar-refractivity contribution is 0.0275. The molecule has 1 aliphatic heterocycles. The van der Waals surface area contributed by atoms with E-state index < -0.39 is 5.60 Å². The molecule has 4 N–H and O–H groups in total. The highest BCUT2D eigenvalue weighted by atomic mass is 16.3. The van der Waals surface area contributed by atoms with Crippen molar-refractivity contribution in [1.82, 2.24) is 20.6 Å². The highest BCUT2D eigenvalue weighted by Gasteiger charge is 2.28. The van der Waals surface area contributed by atoms with E-state index in [1.807, 2.05) is 6.92 Å². The highest BCUT2D eigenvalue weighted by Crippen LogP contribution is 2.18. The summed E-state index contributed by atoms with van der Waals surface area (Å²) >= 11 is 0. The molecule has 1 fully saturated rings. The third kappa shape index (κ3) is 4.64. The molecule has 1 aromatic rings. The zero-order valence-electron chi connectivity index (χ0n) is 12.4. The number of hydrogen-bond acceptors (Lipinski definition) is 6. The number of rotatable bonds is 5. The number of anilines is 1. The number of aromatic nitrogens is 2. The molecule has 1 amide bonds. The van der Waals surface area contributed by atoms with E-state index in [-0.39, 0.29) is 12.5 Å². The van der Waals surface area contributed by atoms with Crippen molar-refractivity contribution in [3.8, 4) is 0 Å². The van der Waals surface area contributed by atoms with Gasteiger partial charge in [0.05, 0.1) is 11.2 Å². The van der Waals surface area contributed by atoms with Gasteiger partial charge in [-0.2, -0.15) is 0 Å². The maximum absolute atomic E-state index is 12.0. The maximum Gasteiger partial charge on any atom is 0.254 e. The van der Waals surface area contributed by atoms with Gasteiger partial charge in [0.2, 0.25) is 5.95 Å². The number of nitrogens with one attached hydrogen (secondary N) is 3. The number of amides is 1. The minimum atomic E-state index is -0.830. The topological polar surface area (TPSA) is 99.2 Å². The summed E-state index contributed by atoms with van der Waals surface area (Å²) in [6, 6.07) is 0. The van der Waals surface area contributed by atoms with Gasteiger partial charge in [0.15, 0.2) is 0 Å². The molecule has 0 unspecified atom stereocenters. The molecule has 0 saturated carbocycles. The first-order chi connectivity index (χ1) is 10.1. The van der Waals surface area contributed by atoms with Crippen molar-refractivity contribution in [2.75, 3.05) is 31.5 Å². The fourth-order valence-electron chi connectivity index (χ4n) is 2.33. The number of carbonyl (C=O) groups excluding carboxylic acids is 1. The average Bonchev–Trinajstić information content (AvgIpc) is 2.71. The first kappa shape index (κ1) is 15.7. The molecular formula is C14H23N5O2. The second kappa shape index (κ2) is 7.33. The van der Waals surface area contributed by atoms with Crippen LogP contribution in [0.3, 0.4) is 0 Å². The Morgan fingerprint density at radius 3 is 2.86 bits per heavy atom. The van der Waals surface area contributed by atoms with E-state index in [0.717, 1.165) is 26.1 Å². The summed E-state index contributed by atoms with van der Waals surface area (Å²) in [5.74, 6) is 0.242. The van der Waals surface area contributed by atoms with Gasteiger partial charge in [-0.1, -0.05) is 0 Å². The fraction of sp³-hybridized carbons (Fsp3) is 0.643. The van der Waals surface area contributed by atoms with Crippen LogP contribution in [0.1, 0.15) is 36.5 Å². The smallest absolute Gasteiger partial charge is 0.254 e. The van der Waals surface area contributed by atoms with Gasteiger partial charge < -0.3 is 21.1 Å². The maximum atomic E-state index is 12.0. The SMILES string of the molecule is CCNc1ncc(C(=O)NC[C@@]2(O)CCCNCC2)cn1. The second-order valence-electron chi connectivity index (χ2n) is 5.34. The van der Waals surface area contributed by atoms with Crippen LogP contribution in [0.2, 0.25) is 0 Å². The van der Waals surface area contributed by atoms with Crippen molar-refractivity contribution in [2.24, 2.45) is 0 Å². The van der Waals surface area contributed by atoms with Crippen molar-refractivity contribution < 1.29 is 9.90 Å². The first-order valence-electron chi connectivity index (χ1n) is 7.40. The molecule has 1 atom stereocenters. The fourth-order valence-corrected chi connectivity index (χ4v) is 2.33. The molecule has 1 saturated heterocycles. The lowest BCUT2D eigenvalue weighted by Crippen LogP contribution is -2.43. The summed E-state index contributed by atoms with van der Waals surface area (Å²) in [5.41, 5.74) is -0.434. The number of aliphatic hydroxyl groups is 1. The van der Waals surface area contributed by atoms with Crippen LogP contribution in [0.15, 0.2) is 12.4 Å². The molecule has 0 aromatic carbocycles. The number of carbonyl (C=O) groups is 1. The molecule has 1 aliphatic rings. The molecule has 0 spiro atoms. The summed E-state index contributed by atoms with van der Waals surface area (Å²) in [6.07, 6.45) is 5.21. The minimum absolute atomic E-state index is 0.252. The molecule has 2 heterocycles. The van der Waals surface area contributed by atoms with Crippen LogP contribution in [0.5, 0.6) is 0 Å². The molecule has 2 rings (SSSR count). The molecule has 7 heteroatoms. The molecule has 0 radical (unpaired) electrons. The summed E-state index contributed by atoms with van der Waals surface area (Å²) in [6.45, 7) is 4.62. The molecule has 21 heavy (non-hydrogen) atoms. The van der Waals surface area contributed by atoms with Crippen LogP contribution in [-0.4, -0.2) is 52.8 Å². The molecule has 1 aromatic heterocycles. The molecular weight excluding hydrogens is 270 g/mol. The Labute approximate surface area is 124 Å². The van der Waals surface area contributed by atoms with E-state index in [1.54, 1.807) is 0 Å². The van der Waals surface area contributed by atoms with E-state index >= 15 is 0 Å². The van der Waals surface area contributed by atoms with Crippen molar-refractivity contribution >= 4 is 11.9 Å². The van der Waals surface area contributed by atoms with Crippen LogP contribution in [0, 0.1) is 0 Å². The Bertz CT molecular complexity index is 455. The van der Waals surface area contributed by atoms with Gasteiger partial charge in [0.25, 0.3) is 5.91 Å². The normalized spacial score (nSPS) is 22.4. The zero-order chi connectivity index (χ0) is 15.1. The Hall–Kier alpha value is -1.73. The van der Waals surface area contributed by atoms with Gasteiger partial charge in [-0.25, -0.2) is 9.97 Å². The van der Waals surface area contributed by atoms with Crippen LogP contribution in [0.4, 0.5) is 5.95 Å². The van der Waals surface area contributed by atoms with Gasteiger partial charge in [0.1, 0.15) is 0 Å². The predicted octanol–water partition coefficient (Wildman–Crippen LogP) is 0.143. The zero-order valence-corrected chi connectivity index (χ0v) is 12.4. The van der Waals surface area contributed by atoms with E-state index in [2.05, 4.69) is 25.9 Å². The van der Waals surface area contributed by atoms with E-state index in [0.29, 0.717) is 24.4 Å². The third-order valence-electron chi connectivity index (χ3n) is 3.59. The Morgan fingerprint density at radius 2 is 2.14 bits per heavy atom. The standard InChI is InChI=1S/C14H23N5O2/c1-2-16-13-17-8-11(9-18-13)12(20)19-10-14(21)4-3-6-15-7-5-14/h8-9,15,21H,2-7,10H2,1H3,(H,19,20)(H,16,17,18)/t14-/m1/s1. The van der Waals surface area contributed by atoms with Crippen molar-refractivity contribution in [3.63, 3.8) is 0 Å². The molecule has 116 valence electrons. The Balaban J connectivity index is 1.88.